The summed E-state index contributed by atoms with van der Waals surface area (Å²) in [5, 5.41) is 18.4. The van der Waals surface area contributed by atoms with Crippen molar-refractivity contribution in [3.05, 3.63) is 28.8 Å². The molecule has 1 aromatic heterocycles. The second kappa shape index (κ2) is 4.14. The molecule has 0 unspecified atom stereocenters. The number of aromatic nitrogens is 3. The van der Waals surface area contributed by atoms with E-state index in [1.807, 2.05) is 26.0 Å². The zero-order chi connectivity index (χ0) is 12.4. The van der Waals surface area contributed by atoms with Crippen LogP contribution in [0.4, 0.5) is 17.6 Å². The summed E-state index contributed by atoms with van der Waals surface area (Å²) in [4.78, 5) is 3.94. The third kappa shape index (κ3) is 2.18. The molecule has 17 heavy (non-hydrogen) atoms. The quantitative estimate of drug-likeness (QED) is 0.724. The van der Waals surface area contributed by atoms with Crippen molar-refractivity contribution in [3.8, 4) is 6.07 Å². The maximum atomic E-state index is 8.97. The van der Waals surface area contributed by atoms with E-state index in [4.69, 9.17) is 11.0 Å². The smallest absolute Gasteiger partial charge is 0.248 e. The van der Waals surface area contributed by atoms with Gasteiger partial charge in [0, 0.05) is 5.69 Å². The molecule has 0 aliphatic rings. The van der Waals surface area contributed by atoms with Gasteiger partial charge in [-0.2, -0.15) is 10.2 Å². The summed E-state index contributed by atoms with van der Waals surface area (Å²) >= 11 is 0. The number of nitrogens with one attached hydrogen (secondary N) is 2. The molecule has 6 nitrogen and oxygen atoms in total. The summed E-state index contributed by atoms with van der Waals surface area (Å²) in [6.07, 6.45) is 0. The number of nitrogens with zero attached hydrogens (tertiary/aromatic N) is 3. The summed E-state index contributed by atoms with van der Waals surface area (Å²) in [7, 11) is 0. The fourth-order valence-corrected chi connectivity index (χ4v) is 1.67. The van der Waals surface area contributed by atoms with Crippen LogP contribution in [0.5, 0.6) is 0 Å². The lowest BCUT2D eigenvalue weighted by Crippen LogP contribution is -1.96. The number of H-pyrrole nitrogens is 1. The summed E-state index contributed by atoms with van der Waals surface area (Å²) in [6.45, 7) is 3.78. The molecule has 86 valence electrons. The number of nitrogen functional groups attached to an aromatic ring is 1. The highest BCUT2D eigenvalue weighted by Gasteiger charge is 2.06. The Labute approximate surface area is 98.5 Å². The fourth-order valence-electron chi connectivity index (χ4n) is 1.67. The third-order valence-corrected chi connectivity index (χ3v) is 2.40. The minimum absolute atomic E-state index is 0.259. The van der Waals surface area contributed by atoms with E-state index in [9.17, 15) is 0 Å². The first-order chi connectivity index (χ1) is 8.10. The van der Waals surface area contributed by atoms with Crippen molar-refractivity contribution >= 4 is 17.6 Å². The third-order valence-electron chi connectivity index (χ3n) is 2.40. The number of aromatic amines is 1. The maximum absolute atomic E-state index is 8.97. The van der Waals surface area contributed by atoms with Gasteiger partial charge in [0.15, 0.2) is 0 Å². The molecule has 0 aliphatic heterocycles. The second-order valence-corrected chi connectivity index (χ2v) is 3.77. The molecule has 0 amide bonds. The number of hydrogen-bond donors (Lipinski definition) is 3. The summed E-state index contributed by atoms with van der Waals surface area (Å²) < 4.78 is 0. The molecule has 6 heteroatoms. The number of rotatable bonds is 2. The molecule has 2 aromatic rings. The number of hydrogen-bond acceptors (Lipinski definition) is 5. The Morgan fingerprint density at radius 2 is 2.00 bits per heavy atom. The topological polar surface area (TPSA) is 103 Å². The average molecular weight is 228 g/mol. The minimum Gasteiger partial charge on any atom is -0.368 e. The van der Waals surface area contributed by atoms with Crippen molar-refractivity contribution in [3.63, 3.8) is 0 Å². The van der Waals surface area contributed by atoms with E-state index in [0.29, 0.717) is 11.5 Å². The zero-order valence-electron chi connectivity index (χ0n) is 9.57. The first kappa shape index (κ1) is 11.0. The molecular formula is C11H12N6. The van der Waals surface area contributed by atoms with E-state index in [1.165, 1.54) is 0 Å². The van der Waals surface area contributed by atoms with E-state index in [0.717, 1.165) is 16.8 Å². The molecular weight excluding hydrogens is 216 g/mol. The van der Waals surface area contributed by atoms with Gasteiger partial charge in [-0.15, -0.1) is 5.10 Å². The first-order valence-electron chi connectivity index (χ1n) is 5.06. The molecule has 0 saturated carbocycles. The molecule has 0 fully saturated rings. The lowest BCUT2D eigenvalue weighted by molar-refractivity contribution is 1.10. The summed E-state index contributed by atoms with van der Waals surface area (Å²) in [5.41, 5.74) is 8.79. The van der Waals surface area contributed by atoms with Gasteiger partial charge in [0.2, 0.25) is 11.9 Å². The van der Waals surface area contributed by atoms with Crippen molar-refractivity contribution in [2.45, 2.75) is 13.8 Å². The summed E-state index contributed by atoms with van der Waals surface area (Å²) in [6, 6.07) is 5.92. The van der Waals surface area contributed by atoms with Crippen molar-refractivity contribution in [2.24, 2.45) is 0 Å². The SMILES string of the molecule is Cc1cc(Nc2n[nH]c(N)n2)cc(C)c1C#N. The lowest BCUT2D eigenvalue weighted by Gasteiger charge is -2.07. The Bertz CT molecular complexity index is 569. The van der Waals surface area contributed by atoms with Gasteiger partial charge in [0.25, 0.3) is 0 Å². The monoisotopic (exact) mass is 228 g/mol. The first-order valence-corrected chi connectivity index (χ1v) is 5.06. The van der Waals surface area contributed by atoms with E-state index < -0.39 is 0 Å². The van der Waals surface area contributed by atoms with Crippen molar-refractivity contribution in [2.75, 3.05) is 11.1 Å². The Kier molecular flexibility index (Phi) is 2.66. The van der Waals surface area contributed by atoms with Crippen molar-refractivity contribution < 1.29 is 0 Å². The van der Waals surface area contributed by atoms with Crippen LogP contribution in [0, 0.1) is 25.2 Å². The Morgan fingerprint density at radius 1 is 1.35 bits per heavy atom. The highest BCUT2D eigenvalue weighted by Crippen LogP contribution is 2.21. The van der Waals surface area contributed by atoms with E-state index >= 15 is 0 Å². The van der Waals surface area contributed by atoms with Gasteiger partial charge in [0.05, 0.1) is 11.6 Å². The van der Waals surface area contributed by atoms with Crippen LogP contribution in [0.1, 0.15) is 16.7 Å². The predicted octanol–water partition coefficient (Wildman–Crippen LogP) is 1.62. The Morgan fingerprint density at radius 3 is 2.47 bits per heavy atom. The molecule has 0 aliphatic carbocycles. The molecule has 0 spiro atoms. The van der Waals surface area contributed by atoms with Gasteiger partial charge in [-0.1, -0.05) is 0 Å². The van der Waals surface area contributed by atoms with Crippen LogP contribution < -0.4 is 11.1 Å². The largest absolute Gasteiger partial charge is 0.368 e. The van der Waals surface area contributed by atoms with Crippen molar-refractivity contribution in [1.82, 2.24) is 15.2 Å². The van der Waals surface area contributed by atoms with Crippen LogP contribution in [-0.4, -0.2) is 15.2 Å². The molecule has 2 rings (SSSR count). The van der Waals surface area contributed by atoms with Crippen LogP contribution in [0.2, 0.25) is 0 Å². The van der Waals surface area contributed by atoms with E-state index in [2.05, 4.69) is 26.6 Å². The van der Waals surface area contributed by atoms with Crippen molar-refractivity contribution in [1.29, 1.82) is 5.26 Å². The molecule has 0 atom stereocenters. The van der Waals surface area contributed by atoms with Gasteiger partial charge in [0.1, 0.15) is 0 Å². The van der Waals surface area contributed by atoms with Gasteiger partial charge < -0.3 is 11.1 Å². The number of aryl methyl sites for hydroxylation is 2. The maximum Gasteiger partial charge on any atom is 0.248 e. The van der Waals surface area contributed by atoms with E-state index in [-0.39, 0.29) is 5.95 Å². The Balaban J connectivity index is 2.32. The number of nitriles is 1. The van der Waals surface area contributed by atoms with Gasteiger partial charge in [-0.25, -0.2) is 5.10 Å². The highest BCUT2D eigenvalue weighted by molar-refractivity contribution is 5.60. The molecule has 1 aromatic carbocycles. The molecule has 0 radical (unpaired) electrons. The van der Waals surface area contributed by atoms with Gasteiger partial charge in [-0.3, -0.25) is 0 Å². The second-order valence-electron chi connectivity index (χ2n) is 3.77. The predicted molar refractivity (Wildman–Crippen MR) is 64.7 cm³/mol. The molecule has 0 saturated heterocycles. The zero-order valence-corrected chi connectivity index (χ0v) is 9.57. The van der Waals surface area contributed by atoms with Crippen LogP contribution in [0.15, 0.2) is 12.1 Å². The lowest BCUT2D eigenvalue weighted by atomic mass is 10.0. The van der Waals surface area contributed by atoms with E-state index in [1.54, 1.807) is 0 Å². The molecule has 1 heterocycles. The Hall–Kier alpha value is -2.55. The van der Waals surface area contributed by atoms with Crippen LogP contribution in [-0.2, 0) is 0 Å². The molecule has 0 bridgehead atoms. The van der Waals surface area contributed by atoms with Gasteiger partial charge in [-0.05, 0) is 37.1 Å². The van der Waals surface area contributed by atoms with Crippen LogP contribution in [0.3, 0.4) is 0 Å². The summed E-state index contributed by atoms with van der Waals surface area (Å²) in [5.74, 6) is 0.667. The number of nitrogens with two attached hydrogens (primary N) is 1. The van der Waals surface area contributed by atoms with Crippen LogP contribution in [0.25, 0.3) is 0 Å². The highest BCUT2D eigenvalue weighted by atomic mass is 15.3. The van der Waals surface area contributed by atoms with Crippen LogP contribution >= 0.6 is 0 Å². The number of anilines is 3. The normalized spacial score (nSPS) is 9.94. The average Bonchev–Trinajstić information content (AvgIpc) is 2.63. The van der Waals surface area contributed by atoms with Gasteiger partial charge >= 0.3 is 0 Å². The molecule has 4 N–H and O–H groups in total. The fraction of sp³-hybridized carbons (Fsp3) is 0.182. The standard InChI is InChI=1S/C11H12N6/c1-6-3-8(4-7(2)9(6)5-12)14-11-15-10(13)16-17-11/h3-4H,1-2H3,(H4,13,14,15,16,17). The minimum atomic E-state index is 0.259. The number of benzene rings is 1.